The standard InChI is InChI=1S/C18H21NO3/c1-11(2)8-13-4-5-15-14(9-13)6-7-19(10-22-15)16-12(3)17(20)18(16)21/h4-5,9,11H,6-8,10H2,1-3H3. The van der Waals surface area contributed by atoms with Gasteiger partial charge in [0.25, 0.3) is 0 Å². The molecule has 4 nitrogen and oxygen atoms in total. The molecule has 0 spiro atoms. The van der Waals surface area contributed by atoms with Crippen LogP contribution in [-0.2, 0) is 12.8 Å². The molecule has 0 bridgehead atoms. The molecule has 0 atom stereocenters. The molecule has 0 N–H and O–H groups in total. The Morgan fingerprint density at radius 1 is 1.23 bits per heavy atom. The van der Waals surface area contributed by atoms with Crippen molar-refractivity contribution in [2.45, 2.75) is 33.6 Å². The summed E-state index contributed by atoms with van der Waals surface area (Å²) in [6.07, 6.45) is 1.87. The minimum atomic E-state index is -0.382. The quantitative estimate of drug-likeness (QED) is 0.815. The third-order valence-electron chi connectivity index (χ3n) is 4.23. The predicted octanol–water partition coefficient (Wildman–Crippen LogP) is 2.19. The maximum atomic E-state index is 11.7. The maximum Gasteiger partial charge on any atom is 0.249 e. The van der Waals surface area contributed by atoms with E-state index in [4.69, 9.17) is 4.74 Å². The molecule has 2 aromatic carbocycles. The van der Waals surface area contributed by atoms with Gasteiger partial charge in [0.15, 0.2) is 6.73 Å². The molecule has 22 heavy (non-hydrogen) atoms. The molecule has 1 aliphatic rings. The minimum absolute atomic E-state index is 0.322. The topological polar surface area (TPSA) is 46.6 Å². The first kappa shape index (κ1) is 14.8. The lowest BCUT2D eigenvalue weighted by Crippen LogP contribution is -2.44. The molecule has 3 rings (SSSR count). The molecule has 2 aromatic rings. The van der Waals surface area contributed by atoms with Crippen molar-refractivity contribution >= 4 is 5.69 Å². The Balaban J connectivity index is 1.81. The number of ether oxygens (including phenoxy) is 1. The number of fused-ring (bicyclic) bond motifs is 1. The molecule has 1 heterocycles. The molecule has 1 aliphatic heterocycles. The van der Waals surface area contributed by atoms with E-state index in [1.807, 2.05) is 11.0 Å². The van der Waals surface area contributed by atoms with Gasteiger partial charge in [-0.1, -0.05) is 26.0 Å². The van der Waals surface area contributed by atoms with Crippen LogP contribution in [0, 0.1) is 12.8 Å². The number of rotatable bonds is 3. The normalized spacial score (nSPS) is 14.8. The highest BCUT2D eigenvalue weighted by Gasteiger charge is 2.25. The van der Waals surface area contributed by atoms with Crippen LogP contribution in [0.25, 0.3) is 0 Å². The molecular formula is C18H21NO3. The summed E-state index contributed by atoms with van der Waals surface area (Å²) in [6, 6.07) is 6.33. The fourth-order valence-corrected chi connectivity index (χ4v) is 3.09. The molecule has 0 fully saturated rings. The first-order chi connectivity index (χ1) is 10.5. The van der Waals surface area contributed by atoms with Crippen LogP contribution in [0.15, 0.2) is 27.8 Å². The van der Waals surface area contributed by atoms with Crippen molar-refractivity contribution in [2.75, 3.05) is 18.2 Å². The van der Waals surface area contributed by atoms with E-state index in [1.54, 1.807) is 6.92 Å². The number of benzene rings is 1. The molecule has 0 amide bonds. The highest BCUT2D eigenvalue weighted by atomic mass is 16.5. The van der Waals surface area contributed by atoms with Gasteiger partial charge in [0.2, 0.25) is 10.9 Å². The van der Waals surface area contributed by atoms with Crippen molar-refractivity contribution in [3.63, 3.8) is 0 Å². The zero-order chi connectivity index (χ0) is 15.9. The van der Waals surface area contributed by atoms with Crippen molar-refractivity contribution in [2.24, 2.45) is 5.92 Å². The van der Waals surface area contributed by atoms with Crippen molar-refractivity contribution in [1.29, 1.82) is 0 Å². The van der Waals surface area contributed by atoms with E-state index in [9.17, 15) is 9.59 Å². The lowest BCUT2D eigenvalue weighted by atomic mass is 9.99. The van der Waals surface area contributed by atoms with Crippen LogP contribution in [-0.4, -0.2) is 13.3 Å². The second-order valence-corrected chi connectivity index (χ2v) is 6.46. The summed E-state index contributed by atoms with van der Waals surface area (Å²) >= 11 is 0. The van der Waals surface area contributed by atoms with Crippen LogP contribution in [0.4, 0.5) is 5.69 Å². The third kappa shape index (κ3) is 2.54. The van der Waals surface area contributed by atoms with Crippen molar-refractivity contribution in [3.8, 4) is 5.75 Å². The Morgan fingerprint density at radius 2 is 2.00 bits per heavy atom. The zero-order valence-electron chi connectivity index (χ0n) is 13.3. The maximum absolute atomic E-state index is 11.7. The Hall–Kier alpha value is -2.10. The summed E-state index contributed by atoms with van der Waals surface area (Å²) in [6.45, 7) is 7.14. The predicted molar refractivity (Wildman–Crippen MR) is 87.6 cm³/mol. The van der Waals surface area contributed by atoms with E-state index in [1.165, 1.54) is 11.1 Å². The molecular weight excluding hydrogens is 278 g/mol. The van der Waals surface area contributed by atoms with E-state index >= 15 is 0 Å². The second-order valence-electron chi connectivity index (χ2n) is 6.46. The van der Waals surface area contributed by atoms with Gasteiger partial charge in [-0.3, -0.25) is 9.59 Å². The zero-order valence-corrected chi connectivity index (χ0v) is 13.3. The SMILES string of the molecule is Cc1c(N2CCc3cc(CC(C)C)ccc3OC2)c(=O)c1=O. The molecule has 0 saturated heterocycles. The Bertz CT molecular complexity index is 769. The second kappa shape index (κ2) is 5.59. The van der Waals surface area contributed by atoms with Crippen molar-refractivity contribution in [1.82, 2.24) is 0 Å². The van der Waals surface area contributed by atoms with Crippen LogP contribution in [0.1, 0.15) is 30.5 Å². The third-order valence-corrected chi connectivity index (χ3v) is 4.23. The van der Waals surface area contributed by atoms with E-state index in [0.717, 1.165) is 18.6 Å². The lowest BCUT2D eigenvalue weighted by molar-refractivity contribution is 0.320. The summed E-state index contributed by atoms with van der Waals surface area (Å²) in [5, 5.41) is 0. The summed E-state index contributed by atoms with van der Waals surface area (Å²) < 4.78 is 5.84. The van der Waals surface area contributed by atoms with Crippen LogP contribution < -0.4 is 20.5 Å². The summed E-state index contributed by atoms with van der Waals surface area (Å²) in [5.41, 5.74) is 2.83. The van der Waals surface area contributed by atoms with Crippen LogP contribution in [0.2, 0.25) is 0 Å². The van der Waals surface area contributed by atoms with E-state index < -0.39 is 0 Å². The Morgan fingerprint density at radius 3 is 2.68 bits per heavy atom. The summed E-state index contributed by atoms with van der Waals surface area (Å²) in [7, 11) is 0. The molecule has 116 valence electrons. The largest absolute Gasteiger partial charge is 0.473 e. The van der Waals surface area contributed by atoms with E-state index in [2.05, 4.69) is 26.0 Å². The highest BCUT2D eigenvalue weighted by molar-refractivity contribution is 5.58. The van der Waals surface area contributed by atoms with Gasteiger partial charge in [-0.15, -0.1) is 0 Å². The first-order valence-corrected chi connectivity index (χ1v) is 7.77. The summed E-state index contributed by atoms with van der Waals surface area (Å²) in [5.74, 6) is 1.50. The van der Waals surface area contributed by atoms with Gasteiger partial charge >= 0.3 is 0 Å². The highest BCUT2D eigenvalue weighted by Crippen LogP contribution is 2.26. The monoisotopic (exact) mass is 299 g/mol. The molecule has 4 heteroatoms. The average molecular weight is 299 g/mol. The Kier molecular flexibility index (Phi) is 3.77. The first-order valence-electron chi connectivity index (χ1n) is 7.77. The molecule has 0 radical (unpaired) electrons. The number of hydrogen-bond acceptors (Lipinski definition) is 4. The van der Waals surface area contributed by atoms with E-state index in [-0.39, 0.29) is 10.9 Å². The summed E-state index contributed by atoms with van der Waals surface area (Å²) in [4.78, 5) is 25.0. The molecule has 0 aromatic heterocycles. The van der Waals surface area contributed by atoms with Gasteiger partial charge in [-0.25, -0.2) is 0 Å². The fourth-order valence-electron chi connectivity index (χ4n) is 3.09. The van der Waals surface area contributed by atoms with Gasteiger partial charge in [0.05, 0.1) is 5.69 Å². The average Bonchev–Trinajstić information content (AvgIpc) is 2.69. The van der Waals surface area contributed by atoms with E-state index in [0.29, 0.717) is 30.4 Å². The van der Waals surface area contributed by atoms with Gasteiger partial charge in [0.1, 0.15) is 5.75 Å². The number of nitrogens with zero attached hydrogens (tertiary/aromatic N) is 1. The lowest BCUT2D eigenvalue weighted by Gasteiger charge is -2.24. The molecule has 0 saturated carbocycles. The number of hydrogen-bond donors (Lipinski definition) is 0. The smallest absolute Gasteiger partial charge is 0.249 e. The van der Waals surface area contributed by atoms with Crippen LogP contribution >= 0.6 is 0 Å². The van der Waals surface area contributed by atoms with Gasteiger partial charge in [-0.2, -0.15) is 0 Å². The van der Waals surface area contributed by atoms with Crippen molar-refractivity contribution < 1.29 is 4.74 Å². The Labute approximate surface area is 130 Å². The van der Waals surface area contributed by atoms with Crippen LogP contribution in [0.5, 0.6) is 5.75 Å². The molecule has 0 unspecified atom stereocenters. The minimum Gasteiger partial charge on any atom is -0.473 e. The molecule has 0 aliphatic carbocycles. The fraction of sp³-hybridized carbons (Fsp3) is 0.444. The van der Waals surface area contributed by atoms with Crippen molar-refractivity contribution in [3.05, 3.63) is 55.3 Å². The van der Waals surface area contributed by atoms with Gasteiger partial charge in [-0.05, 0) is 42.9 Å². The van der Waals surface area contributed by atoms with Gasteiger partial charge < -0.3 is 9.64 Å². The van der Waals surface area contributed by atoms with Gasteiger partial charge in [0, 0.05) is 12.1 Å². The van der Waals surface area contributed by atoms with Crippen LogP contribution in [0.3, 0.4) is 0 Å². The number of anilines is 1.